The highest BCUT2D eigenvalue weighted by molar-refractivity contribution is 6.11. The summed E-state index contributed by atoms with van der Waals surface area (Å²) in [4.78, 5) is 33.6. The lowest BCUT2D eigenvalue weighted by Gasteiger charge is -2.21. The van der Waals surface area contributed by atoms with E-state index in [1.807, 2.05) is 36.4 Å². The largest absolute Gasteiger partial charge is 0.497 e. The zero-order valence-electron chi connectivity index (χ0n) is 21.0. The van der Waals surface area contributed by atoms with Gasteiger partial charge in [-0.2, -0.15) is 5.10 Å². The van der Waals surface area contributed by atoms with Crippen molar-refractivity contribution in [3.8, 4) is 33.9 Å². The molecule has 0 unspecified atom stereocenters. The van der Waals surface area contributed by atoms with Crippen molar-refractivity contribution in [2.45, 2.75) is 19.4 Å². The lowest BCUT2D eigenvalue weighted by Crippen LogP contribution is -2.37. The first-order valence-electron chi connectivity index (χ1n) is 12.1. The second-order valence-electron chi connectivity index (χ2n) is 9.04. The molecular formula is C29H28N4O4. The number of pyridine rings is 1. The minimum Gasteiger partial charge on any atom is -0.497 e. The summed E-state index contributed by atoms with van der Waals surface area (Å²) in [6.45, 7) is 0.471. The standard InChI is InChI=1S/C29H28N4O4/c1-32(24-6-4-5-17-30-24)28(34)26-25(20-9-13-22(36-2)14-10-20)27(21-11-15-23(37-3)16-12-21)31-33(29(26)35)18-19-7-8-19/h4-6,9-17,19H,7-8,18H2,1-3H3. The van der Waals surface area contributed by atoms with Crippen molar-refractivity contribution in [2.24, 2.45) is 5.92 Å². The molecule has 2 heterocycles. The van der Waals surface area contributed by atoms with E-state index in [-0.39, 0.29) is 5.56 Å². The SMILES string of the molecule is COc1ccc(-c2nn(CC3CC3)c(=O)c(C(=O)N(C)c3ccccn3)c2-c2ccc(OC)cc2)cc1. The first-order valence-corrected chi connectivity index (χ1v) is 12.1. The van der Waals surface area contributed by atoms with E-state index in [1.54, 1.807) is 57.8 Å². The monoisotopic (exact) mass is 496 g/mol. The van der Waals surface area contributed by atoms with E-state index in [4.69, 9.17) is 14.6 Å². The average Bonchev–Trinajstić information content (AvgIpc) is 3.78. The lowest BCUT2D eigenvalue weighted by atomic mass is 9.94. The van der Waals surface area contributed by atoms with E-state index in [1.165, 1.54) is 9.58 Å². The molecule has 0 spiro atoms. The summed E-state index contributed by atoms with van der Waals surface area (Å²) in [5.41, 5.74) is 2.12. The number of carbonyl (C=O) groups excluding carboxylic acids is 1. The van der Waals surface area contributed by atoms with Crippen LogP contribution in [-0.4, -0.2) is 41.9 Å². The average molecular weight is 497 g/mol. The van der Waals surface area contributed by atoms with Gasteiger partial charge in [-0.1, -0.05) is 18.2 Å². The summed E-state index contributed by atoms with van der Waals surface area (Å²) < 4.78 is 12.1. The van der Waals surface area contributed by atoms with Crippen molar-refractivity contribution in [3.63, 3.8) is 0 Å². The second kappa shape index (κ2) is 10.3. The van der Waals surface area contributed by atoms with E-state index in [2.05, 4.69) is 4.98 Å². The van der Waals surface area contributed by atoms with Crippen molar-refractivity contribution in [1.29, 1.82) is 0 Å². The van der Waals surface area contributed by atoms with E-state index >= 15 is 0 Å². The number of benzene rings is 2. The maximum atomic E-state index is 14.0. The molecule has 1 aliphatic carbocycles. The van der Waals surface area contributed by atoms with Gasteiger partial charge in [0.15, 0.2) is 0 Å². The molecule has 0 atom stereocenters. The number of anilines is 1. The second-order valence-corrected chi connectivity index (χ2v) is 9.04. The fourth-order valence-corrected chi connectivity index (χ4v) is 4.25. The Bertz CT molecular complexity index is 1460. The first kappa shape index (κ1) is 24.2. The molecule has 0 saturated heterocycles. The summed E-state index contributed by atoms with van der Waals surface area (Å²) in [7, 11) is 4.83. The number of ether oxygens (including phenoxy) is 2. The van der Waals surface area contributed by atoms with Crippen LogP contribution in [0.25, 0.3) is 22.4 Å². The Morgan fingerprint density at radius 1 is 0.946 bits per heavy atom. The third-order valence-electron chi connectivity index (χ3n) is 6.54. The van der Waals surface area contributed by atoms with Crippen LogP contribution < -0.4 is 19.9 Å². The zero-order chi connectivity index (χ0) is 25.9. The number of amides is 1. The molecule has 1 amide bonds. The van der Waals surface area contributed by atoms with E-state index in [9.17, 15) is 9.59 Å². The molecule has 1 aliphatic rings. The Morgan fingerprint density at radius 3 is 2.11 bits per heavy atom. The van der Waals surface area contributed by atoms with Crippen LogP contribution in [0.2, 0.25) is 0 Å². The molecule has 37 heavy (non-hydrogen) atoms. The lowest BCUT2D eigenvalue weighted by molar-refractivity contribution is 0.0990. The maximum absolute atomic E-state index is 14.0. The van der Waals surface area contributed by atoms with Gasteiger partial charge in [-0.3, -0.25) is 14.5 Å². The molecule has 2 aromatic heterocycles. The van der Waals surface area contributed by atoms with Crippen LogP contribution in [0, 0.1) is 5.92 Å². The molecule has 8 heteroatoms. The van der Waals surface area contributed by atoms with Crippen LogP contribution >= 0.6 is 0 Å². The van der Waals surface area contributed by atoms with Gasteiger partial charge in [-0.05, 0) is 72.9 Å². The zero-order valence-corrected chi connectivity index (χ0v) is 21.0. The summed E-state index contributed by atoms with van der Waals surface area (Å²) in [5, 5.41) is 4.82. The minimum atomic E-state index is -0.448. The molecule has 0 radical (unpaired) electrons. The molecule has 1 fully saturated rings. The smallest absolute Gasteiger partial charge is 0.280 e. The van der Waals surface area contributed by atoms with Crippen LogP contribution in [0.3, 0.4) is 0 Å². The van der Waals surface area contributed by atoms with Gasteiger partial charge in [0, 0.05) is 30.9 Å². The predicted molar refractivity (Wildman–Crippen MR) is 142 cm³/mol. The normalized spacial score (nSPS) is 12.7. The van der Waals surface area contributed by atoms with Gasteiger partial charge in [0.05, 0.1) is 19.9 Å². The number of carbonyl (C=O) groups is 1. The molecule has 1 saturated carbocycles. The molecule has 0 N–H and O–H groups in total. The number of hydrogen-bond acceptors (Lipinski definition) is 6. The van der Waals surface area contributed by atoms with Crippen LogP contribution in [0.15, 0.2) is 77.7 Å². The van der Waals surface area contributed by atoms with Crippen molar-refractivity contribution in [2.75, 3.05) is 26.2 Å². The number of nitrogens with zero attached hydrogens (tertiary/aromatic N) is 4. The third-order valence-corrected chi connectivity index (χ3v) is 6.54. The van der Waals surface area contributed by atoms with Gasteiger partial charge in [0.25, 0.3) is 11.5 Å². The van der Waals surface area contributed by atoms with Crippen LogP contribution in [0.4, 0.5) is 5.82 Å². The summed E-state index contributed by atoms with van der Waals surface area (Å²) >= 11 is 0. The van der Waals surface area contributed by atoms with Crippen molar-refractivity contribution in [3.05, 3.63) is 88.8 Å². The Labute approximate surface area is 215 Å². The van der Waals surface area contributed by atoms with Gasteiger partial charge in [-0.25, -0.2) is 9.67 Å². The molecule has 8 nitrogen and oxygen atoms in total. The van der Waals surface area contributed by atoms with Crippen molar-refractivity contribution in [1.82, 2.24) is 14.8 Å². The Morgan fingerprint density at radius 2 is 1.57 bits per heavy atom. The molecule has 5 rings (SSSR count). The maximum Gasteiger partial charge on any atom is 0.280 e. The Balaban J connectivity index is 1.77. The number of hydrogen-bond donors (Lipinski definition) is 0. The first-order chi connectivity index (χ1) is 18.0. The number of rotatable bonds is 8. The van der Waals surface area contributed by atoms with Crippen LogP contribution in [0.5, 0.6) is 11.5 Å². The molecule has 4 aromatic rings. The molecular weight excluding hydrogens is 468 g/mol. The quantitative estimate of drug-likeness (QED) is 0.352. The minimum absolute atomic E-state index is 0.0554. The number of methoxy groups -OCH3 is 2. The predicted octanol–water partition coefficient (Wildman–Crippen LogP) is 4.68. The van der Waals surface area contributed by atoms with Gasteiger partial charge in [-0.15, -0.1) is 0 Å². The van der Waals surface area contributed by atoms with Crippen LogP contribution in [0.1, 0.15) is 23.2 Å². The fourth-order valence-electron chi connectivity index (χ4n) is 4.25. The Kier molecular flexibility index (Phi) is 6.72. The van der Waals surface area contributed by atoms with Crippen LogP contribution in [-0.2, 0) is 6.54 Å². The summed E-state index contributed by atoms with van der Waals surface area (Å²) in [6, 6.07) is 20.1. The molecule has 188 valence electrons. The van der Waals surface area contributed by atoms with Gasteiger partial charge in [0.1, 0.15) is 22.9 Å². The van der Waals surface area contributed by atoms with E-state index < -0.39 is 11.5 Å². The number of aromatic nitrogens is 3. The molecule has 0 bridgehead atoms. The van der Waals surface area contributed by atoms with E-state index in [0.717, 1.165) is 18.4 Å². The highest BCUT2D eigenvalue weighted by Gasteiger charge is 2.30. The molecule has 0 aliphatic heterocycles. The highest BCUT2D eigenvalue weighted by Crippen LogP contribution is 2.36. The van der Waals surface area contributed by atoms with Gasteiger partial charge >= 0.3 is 0 Å². The van der Waals surface area contributed by atoms with Crippen molar-refractivity contribution >= 4 is 11.7 Å². The highest BCUT2D eigenvalue weighted by atomic mass is 16.5. The Hall–Kier alpha value is -4.46. The van der Waals surface area contributed by atoms with E-state index in [0.29, 0.717) is 46.6 Å². The van der Waals surface area contributed by atoms with Gasteiger partial charge in [0.2, 0.25) is 0 Å². The van der Waals surface area contributed by atoms with Crippen molar-refractivity contribution < 1.29 is 14.3 Å². The summed E-state index contributed by atoms with van der Waals surface area (Å²) in [6.07, 6.45) is 3.71. The summed E-state index contributed by atoms with van der Waals surface area (Å²) in [5.74, 6) is 1.76. The molecule has 2 aromatic carbocycles. The fraction of sp³-hybridized carbons (Fsp3) is 0.241. The third kappa shape index (κ3) is 4.95. The topological polar surface area (TPSA) is 86.6 Å². The van der Waals surface area contributed by atoms with Gasteiger partial charge < -0.3 is 9.47 Å².